The maximum Gasteiger partial charge on any atom is 0.160 e. The SMILES string of the molecule is Cc1cccc(Nc2ncnc(N(CC#N)CC#N)c2N)n1. The second-order valence-electron chi connectivity index (χ2n) is 4.42. The molecule has 0 fully saturated rings. The molecule has 0 aromatic carbocycles. The number of anilines is 4. The minimum atomic E-state index is 0.0108. The zero-order valence-corrected chi connectivity index (χ0v) is 12.0. The summed E-state index contributed by atoms with van der Waals surface area (Å²) in [6.45, 7) is 1.90. The number of hydrogen-bond acceptors (Lipinski definition) is 8. The van der Waals surface area contributed by atoms with Gasteiger partial charge >= 0.3 is 0 Å². The molecule has 0 aliphatic rings. The Bertz CT molecular complexity index is 727. The quantitative estimate of drug-likeness (QED) is 0.791. The fourth-order valence-electron chi connectivity index (χ4n) is 1.85. The molecule has 8 heteroatoms. The van der Waals surface area contributed by atoms with Crippen LogP contribution in [0.4, 0.5) is 23.1 Å². The zero-order valence-electron chi connectivity index (χ0n) is 12.0. The van der Waals surface area contributed by atoms with Gasteiger partial charge in [-0.05, 0) is 19.1 Å². The Hall–Kier alpha value is -3.39. The van der Waals surface area contributed by atoms with Gasteiger partial charge in [0.2, 0.25) is 0 Å². The summed E-state index contributed by atoms with van der Waals surface area (Å²) in [7, 11) is 0. The van der Waals surface area contributed by atoms with Crippen molar-refractivity contribution in [1.29, 1.82) is 10.5 Å². The zero-order chi connectivity index (χ0) is 15.9. The van der Waals surface area contributed by atoms with Gasteiger partial charge in [0.25, 0.3) is 0 Å². The third kappa shape index (κ3) is 3.38. The van der Waals surface area contributed by atoms with E-state index in [-0.39, 0.29) is 18.8 Å². The van der Waals surface area contributed by atoms with Crippen molar-refractivity contribution in [2.24, 2.45) is 0 Å². The predicted octanol–water partition coefficient (Wildman–Crippen LogP) is 1.36. The van der Waals surface area contributed by atoms with E-state index in [9.17, 15) is 0 Å². The van der Waals surface area contributed by atoms with Gasteiger partial charge < -0.3 is 16.0 Å². The second-order valence-corrected chi connectivity index (χ2v) is 4.42. The van der Waals surface area contributed by atoms with Gasteiger partial charge in [0, 0.05) is 5.69 Å². The Kier molecular flexibility index (Phi) is 4.68. The lowest BCUT2D eigenvalue weighted by atomic mass is 10.3. The van der Waals surface area contributed by atoms with E-state index in [0.717, 1.165) is 5.69 Å². The van der Waals surface area contributed by atoms with Gasteiger partial charge in [-0.3, -0.25) is 0 Å². The number of nitrogen functional groups attached to an aromatic ring is 1. The Morgan fingerprint density at radius 2 is 1.95 bits per heavy atom. The van der Waals surface area contributed by atoms with Crippen molar-refractivity contribution in [1.82, 2.24) is 15.0 Å². The number of rotatable bonds is 5. The monoisotopic (exact) mass is 294 g/mol. The largest absolute Gasteiger partial charge is 0.393 e. The van der Waals surface area contributed by atoms with E-state index in [4.69, 9.17) is 16.3 Å². The van der Waals surface area contributed by atoms with Crippen LogP contribution in [0.5, 0.6) is 0 Å². The van der Waals surface area contributed by atoms with Crippen LogP contribution < -0.4 is 16.0 Å². The van der Waals surface area contributed by atoms with Gasteiger partial charge in [-0.15, -0.1) is 0 Å². The van der Waals surface area contributed by atoms with Crippen LogP contribution in [-0.2, 0) is 0 Å². The summed E-state index contributed by atoms with van der Waals surface area (Å²) in [4.78, 5) is 13.9. The number of pyridine rings is 1. The molecule has 0 atom stereocenters. The molecule has 0 unspecified atom stereocenters. The van der Waals surface area contributed by atoms with Crippen molar-refractivity contribution in [3.8, 4) is 12.1 Å². The molecule has 2 heterocycles. The van der Waals surface area contributed by atoms with Crippen LogP contribution in [0.1, 0.15) is 5.69 Å². The van der Waals surface area contributed by atoms with Gasteiger partial charge in [0.1, 0.15) is 30.9 Å². The van der Waals surface area contributed by atoms with Crippen LogP contribution >= 0.6 is 0 Å². The third-order valence-electron chi connectivity index (χ3n) is 2.82. The van der Waals surface area contributed by atoms with Crippen LogP contribution in [-0.4, -0.2) is 28.0 Å². The van der Waals surface area contributed by atoms with Crippen molar-refractivity contribution in [3.63, 3.8) is 0 Å². The number of hydrogen-bond donors (Lipinski definition) is 2. The summed E-state index contributed by atoms with van der Waals surface area (Å²) in [6.07, 6.45) is 1.32. The lowest BCUT2D eigenvalue weighted by molar-refractivity contribution is 0.929. The number of nitrogens with one attached hydrogen (secondary N) is 1. The highest BCUT2D eigenvalue weighted by molar-refractivity contribution is 5.77. The maximum absolute atomic E-state index is 8.84. The number of nitrogens with two attached hydrogens (primary N) is 1. The molecule has 2 aromatic heterocycles. The summed E-state index contributed by atoms with van der Waals surface area (Å²) in [5.74, 6) is 1.32. The van der Waals surface area contributed by atoms with Crippen LogP contribution in [0, 0.1) is 29.6 Å². The fraction of sp³-hybridized carbons (Fsp3) is 0.214. The highest BCUT2D eigenvalue weighted by Gasteiger charge is 2.15. The first-order valence-corrected chi connectivity index (χ1v) is 6.45. The highest BCUT2D eigenvalue weighted by Crippen LogP contribution is 2.27. The van der Waals surface area contributed by atoms with Crippen molar-refractivity contribution in [3.05, 3.63) is 30.2 Å². The van der Waals surface area contributed by atoms with Crippen LogP contribution in [0.25, 0.3) is 0 Å². The second kappa shape index (κ2) is 6.86. The molecule has 0 radical (unpaired) electrons. The van der Waals surface area contributed by atoms with Crippen LogP contribution in [0.2, 0.25) is 0 Å². The molecule has 0 saturated heterocycles. The molecule has 22 heavy (non-hydrogen) atoms. The normalized spacial score (nSPS) is 9.59. The molecule has 0 spiro atoms. The number of aryl methyl sites for hydroxylation is 1. The first-order valence-electron chi connectivity index (χ1n) is 6.45. The van der Waals surface area contributed by atoms with Gasteiger partial charge in [-0.2, -0.15) is 10.5 Å². The standard InChI is InChI=1S/C14H14N8/c1-10-3-2-4-11(20-10)21-13-12(17)14(19-9-18-13)22(7-5-15)8-6-16/h2-4,9H,7-8,17H2,1H3,(H,18,19,20,21). The van der Waals surface area contributed by atoms with Gasteiger partial charge in [0.05, 0.1) is 12.1 Å². The van der Waals surface area contributed by atoms with E-state index in [1.807, 2.05) is 31.2 Å². The van der Waals surface area contributed by atoms with Gasteiger partial charge in [0.15, 0.2) is 11.6 Å². The molecule has 110 valence electrons. The lowest BCUT2D eigenvalue weighted by Gasteiger charge is -2.19. The van der Waals surface area contributed by atoms with E-state index in [0.29, 0.717) is 17.5 Å². The third-order valence-corrected chi connectivity index (χ3v) is 2.82. The van der Waals surface area contributed by atoms with E-state index in [1.54, 1.807) is 6.07 Å². The summed E-state index contributed by atoms with van der Waals surface area (Å²) < 4.78 is 0. The Balaban J connectivity index is 2.33. The Labute approximate surface area is 127 Å². The fourth-order valence-corrected chi connectivity index (χ4v) is 1.85. The summed E-state index contributed by atoms with van der Waals surface area (Å²) in [5, 5.41) is 20.7. The van der Waals surface area contributed by atoms with Gasteiger partial charge in [-0.25, -0.2) is 15.0 Å². The minimum absolute atomic E-state index is 0.0108. The van der Waals surface area contributed by atoms with E-state index < -0.39 is 0 Å². The van der Waals surface area contributed by atoms with Crippen molar-refractivity contribution < 1.29 is 0 Å². The van der Waals surface area contributed by atoms with E-state index >= 15 is 0 Å². The highest BCUT2D eigenvalue weighted by atomic mass is 15.2. The lowest BCUT2D eigenvalue weighted by Crippen LogP contribution is -2.26. The van der Waals surface area contributed by atoms with Crippen molar-refractivity contribution >= 4 is 23.1 Å². The minimum Gasteiger partial charge on any atom is -0.393 e. The topological polar surface area (TPSA) is 128 Å². The Morgan fingerprint density at radius 1 is 1.23 bits per heavy atom. The predicted molar refractivity (Wildman–Crippen MR) is 82.1 cm³/mol. The summed E-state index contributed by atoms with van der Waals surface area (Å²) >= 11 is 0. The molecule has 0 aliphatic carbocycles. The average molecular weight is 294 g/mol. The molecule has 2 rings (SSSR count). The van der Waals surface area contributed by atoms with E-state index in [2.05, 4.69) is 20.3 Å². The molecule has 0 saturated carbocycles. The molecule has 3 N–H and O–H groups in total. The smallest absolute Gasteiger partial charge is 0.160 e. The summed E-state index contributed by atoms with van der Waals surface area (Å²) in [6, 6.07) is 9.49. The molecule has 0 amide bonds. The molecule has 0 aliphatic heterocycles. The molecule has 0 bridgehead atoms. The summed E-state index contributed by atoms with van der Waals surface area (Å²) in [5.41, 5.74) is 7.17. The Morgan fingerprint density at radius 3 is 2.59 bits per heavy atom. The maximum atomic E-state index is 8.84. The number of aromatic nitrogens is 3. The molecular weight excluding hydrogens is 280 g/mol. The van der Waals surface area contributed by atoms with Crippen LogP contribution in [0.15, 0.2) is 24.5 Å². The number of nitriles is 2. The number of nitrogens with zero attached hydrogens (tertiary/aromatic N) is 6. The van der Waals surface area contributed by atoms with Crippen molar-refractivity contribution in [2.45, 2.75) is 6.92 Å². The first-order chi connectivity index (χ1) is 10.7. The molecular formula is C14H14N8. The van der Waals surface area contributed by atoms with E-state index in [1.165, 1.54) is 11.2 Å². The van der Waals surface area contributed by atoms with Crippen molar-refractivity contribution in [2.75, 3.05) is 29.0 Å². The van der Waals surface area contributed by atoms with Crippen LogP contribution in [0.3, 0.4) is 0 Å². The first kappa shape index (κ1) is 15.0. The molecule has 2 aromatic rings. The average Bonchev–Trinajstić information content (AvgIpc) is 2.49. The molecule has 8 nitrogen and oxygen atoms in total. The van der Waals surface area contributed by atoms with Gasteiger partial charge in [-0.1, -0.05) is 6.07 Å².